The van der Waals surface area contributed by atoms with Gasteiger partial charge in [-0.3, -0.25) is 4.68 Å². The molecule has 0 spiro atoms. The number of aryl methyl sites for hydroxylation is 3. The topological polar surface area (TPSA) is 61.4 Å². The molecule has 1 aliphatic carbocycles. The standard InChI is InChI=1S/C21H26N6/c1-2-6-16(7-3-1)10-12-27-21(24-20(25-27)17-8-4-5-9-17)18-11-13-26-19(14-18)22-15-23-26/h1-3,6-7,15,17-18H,4-5,8-14H2. The van der Waals surface area contributed by atoms with E-state index in [-0.39, 0.29) is 0 Å². The molecular formula is C21H26N6. The maximum Gasteiger partial charge on any atom is 0.154 e. The van der Waals surface area contributed by atoms with Crippen molar-refractivity contribution in [1.82, 2.24) is 29.5 Å². The van der Waals surface area contributed by atoms with E-state index in [0.717, 1.165) is 49.8 Å². The molecule has 1 unspecified atom stereocenters. The molecule has 1 aliphatic heterocycles. The van der Waals surface area contributed by atoms with Gasteiger partial charge in [0.1, 0.15) is 18.0 Å². The minimum Gasteiger partial charge on any atom is -0.250 e. The molecule has 2 aliphatic rings. The molecule has 2 aromatic heterocycles. The zero-order valence-corrected chi connectivity index (χ0v) is 15.7. The lowest BCUT2D eigenvalue weighted by molar-refractivity contribution is 0.405. The molecule has 3 aromatic rings. The fraction of sp³-hybridized carbons (Fsp3) is 0.524. The van der Waals surface area contributed by atoms with E-state index < -0.39 is 0 Å². The molecule has 0 saturated heterocycles. The number of aromatic nitrogens is 6. The van der Waals surface area contributed by atoms with Crippen molar-refractivity contribution in [2.45, 2.75) is 69.9 Å². The van der Waals surface area contributed by atoms with Gasteiger partial charge in [0.25, 0.3) is 0 Å². The van der Waals surface area contributed by atoms with Crippen LogP contribution in [0.1, 0.15) is 67.0 Å². The van der Waals surface area contributed by atoms with Crippen LogP contribution in [0.4, 0.5) is 0 Å². The quantitative estimate of drug-likeness (QED) is 0.697. The summed E-state index contributed by atoms with van der Waals surface area (Å²) in [4.78, 5) is 9.51. The molecule has 140 valence electrons. The molecule has 6 nitrogen and oxygen atoms in total. The molecule has 0 bridgehead atoms. The molecule has 27 heavy (non-hydrogen) atoms. The van der Waals surface area contributed by atoms with E-state index >= 15 is 0 Å². The Morgan fingerprint density at radius 2 is 1.85 bits per heavy atom. The van der Waals surface area contributed by atoms with Crippen LogP contribution in [0.3, 0.4) is 0 Å². The van der Waals surface area contributed by atoms with E-state index in [9.17, 15) is 0 Å². The average molecular weight is 362 g/mol. The van der Waals surface area contributed by atoms with E-state index in [0.29, 0.717) is 11.8 Å². The second-order valence-corrected chi connectivity index (χ2v) is 7.86. The van der Waals surface area contributed by atoms with Crippen molar-refractivity contribution in [2.75, 3.05) is 0 Å². The minimum atomic E-state index is 0.389. The number of nitrogens with zero attached hydrogens (tertiary/aromatic N) is 6. The van der Waals surface area contributed by atoms with E-state index in [4.69, 9.17) is 10.1 Å². The summed E-state index contributed by atoms with van der Waals surface area (Å²) >= 11 is 0. The molecule has 6 heteroatoms. The van der Waals surface area contributed by atoms with Crippen LogP contribution in [0.25, 0.3) is 0 Å². The van der Waals surface area contributed by atoms with Gasteiger partial charge in [0.15, 0.2) is 5.82 Å². The number of hydrogen-bond acceptors (Lipinski definition) is 4. The monoisotopic (exact) mass is 362 g/mol. The normalized spacial score (nSPS) is 20.1. The lowest BCUT2D eigenvalue weighted by Gasteiger charge is -2.22. The van der Waals surface area contributed by atoms with Gasteiger partial charge in [-0.1, -0.05) is 43.2 Å². The summed E-state index contributed by atoms with van der Waals surface area (Å²) in [6, 6.07) is 10.7. The van der Waals surface area contributed by atoms with Crippen molar-refractivity contribution in [3.8, 4) is 0 Å². The van der Waals surface area contributed by atoms with Gasteiger partial charge < -0.3 is 0 Å². The predicted molar refractivity (Wildman–Crippen MR) is 102 cm³/mol. The summed E-state index contributed by atoms with van der Waals surface area (Å²) in [6.45, 7) is 1.81. The van der Waals surface area contributed by atoms with Gasteiger partial charge in [-0.25, -0.2) is 14.6 Å². The molecule has 1 aromatic carbocycles. The van der Waals surface area contributed by atoms with E-state index in [2.05, 4.69) is 45.1 Å². The molecule has 1 saturated carbocycles. The van der Waals surface area contributed by atoms with E-state index in [1.165, 1.54) is 31.2 Å². The van der Waals surface area contributed by atoms with Crippen LogP contribution in [0.5, 0.6) is 0 Å². The number of rotatable bonds is 5. The molecule has 0 N–H and O–H groups in total. The van der Waals surface area contributed by atoms with Crippen molar-refractivity contribution in [3.63, 3.8) is 0 Å². The smallest absolute Gasteiger partial charge is 0.154 e. The van der Waals surface area contributed by atoms with E-state index in [1.54, 1.807) is 6.33 Å². The maximum absolute atomic E-state index is 5.08. The summed E-state index contributed by atoms with van der Waals surface area (Å²) in [6.07, 6.45) is 9.73. The highest BCUT2D eigenvalue weighted by Gasteiger charge is 2.29. The second kappa shape index (κ2) is 7.25. The first-order valence-corrected chi connectivity index (χ1v) is 10.2. The Bertz CT molecular complexity index is 891. The molecular weight excluding hydrogens is 336 g/mol. The highest BCUT2D eigenvalue weighted by atomic mass is 15.4. The van der Waals surface area contributed by atoms with Crippen molar-refractivity contribution < 1.29 is 0 Å². The Kier molecular flexibility index (Phi) is 4.47. The maximum atomic E-state index is 5.08. The first kappa shape index (κ1) is 16.7. The summed E-state index contributed by atoms with van der Waals surface area (Å²) in [5.74, 6) is 4.24. The molecule has 1 atom stereocenters. The van der Waals surface area contributed by atoms with Crippen molar-refractivity contribution in [1.29, 1.82) is 0 Å². The summed E-state index contributed by atoms with van der Waals surface area (Å²) < 4.78 is 4.22. The Morgan fingerprint density at radius 3 is 2.70 bits per heavy atom. The predicted octanol–water partition coefficient (Wildman–Crippen LogP) is 3.50. The van der Waals surface area contributed by atoms with Crippen LogP contribution in [-0.4, -0.2) is 29.5 Å². The van der Waals surface area contributed by atoms with Crippen LogP contribution in [0.15, 0.2) is 36.7 Å². The van der Waals surface area contributed by atoms with Crippen molar-refractivity contribution >= 4 is 0 Å². The van der Waals surface area contributed by atoms with Gasteiger partial charge >= 0.3 is 0 Å². The van der Waals surface area contributed by atoms with Gasteiger partial charge in [-0.2, -0.15) is 10.2 Å². The lowest BCUT2D eigenvalue weighted by Crippen LogP contribution is -2.22. The van der Waals surface area contributed by atoms with Gasteiger partial charge in [0.2, 0.25) is 0 Å². The number of hydrogen-bond donors (Lipinski definition) is 0. The lowest BCUT2D eigenvalue weighted by atomic mass is 9.97. The molecule has 0 amide bonds. The average Bonchev–Trinajstić information content (AvgIpc) is 3.46. The van der Waals surface area contributed by atoms with Crippen LogP contribution in [0, 0.1) is 0 Å². The number of fused-ring (bicyclic) bond motifs is 1. The third-order valence-electron chi connectivity index (χ3n) is 6.07. The highest BCUT2D eigenvalue weighted by molar-refractivity contribution is 5.15. The third-order valence-corrected chi connectivity index (χ3v) is 6.07. The van der Waals surface area contributed by atoms with E-state index in [1.807, 2.05) is 4.68 Å². The summed E-state index contributed by atoms with van der Waals surface area (Å²) in [5, 5.41) is 9.30. The Morgan fingerprint density at radius 1 is 1.00 bits per heavy atom. The summed E-state index contributed by atoms with van der Waals surface area (Å²) in [7, 11) is 0. The fourth-order valence-corrected chi connectivity index (χ4v) is 4.53. The van der Waals surface area contributed by atoms with Crippen LogP contribution in [0.2, 0.25) is 0 Å². The minimum absolute atomic E-state index is 0.389. The van der Waals surface area contributed by atoms with Crippen molar-refractivity contribution in [2.24, 2.45) is 0 Å². The Labute approximate surface area is 159 Å². The zero-order valence-electron chi connectivity index (χ0n) is 15.7. The number of benzene rings is 1. The van der Waals surface area contributed by atoms with Gasteiger partial charge in [0, 0.05) is 31.3 Å². The van der Waals surface area contributed by atoms with Gasteiger partial charge in [-0.05, 0) is 31.2 Å². The van der Waals surface area contributed by atoms with Gasteiger partial charge in [0.05, 0.1) is 0 Å². The SMILES string of the molecule is c1ccc(CCn2nc(C3CCCC3)nc2C2CCn3ncnc3C2)cc1. The highest BCUT2D eigenvalue weighted by Crippen LogP contribution is 2.34. The van der Waals surface area contributed by atoms with Crippen LogP contribution >= 0.6 is 0 Å². The largest absolute Gasteiger partial charge is 0.250 e. The van der Waals surface area contributed by atoms with Gasteiger partial charge in [-0.15, -0.1) is 0 Å². The van der Waals surface area contributed by atoms with Crippen molar-refractivity contribution in [3.05, 3.63) is 59.7 Å². The first-order chi connectivity index (χ1) is 13.4. The second-order valence-electron chi connectivity index (χ2n) is 7.86. The third kappa shape index (κ3) is 3.40. The molecule has 5 rings (SSSR count). The Hall–Kier alpha value is -2.50. The molecule has 0 radical (unpaired) electrons. The summed E-state index contributed by atoms with van der Waals surface area (Å²) in [5.41, 5.74) is 1.35. The fourth-order valence-electron chi connectivity index (χ4n) is 4.53. The molecule has 1 fully saturated rings. The van der Waals surface area contributed by atoms with Crippen LogP contribution < -0.4 is 0 Å². The zero-order chi connectivity index (χ0) is 18.1. The molecule has 3 heterocycles. The first-order valence-electron chi connectivity index (χ1n) is 10.2. The van der Waals surface area contributed by atoms with Crippen LogP contribution in [-0.2, 0) is 25.9 Å². The Balaban J connectivity index is 1.41.